The number of aromatic nitrogens is 1. The number of thiazole rings is 1. The SMILES string of the molecule is CCOC(=O)C1=C(C)N=c2s/c(=C\c3cc(Cl)cc(Br)c3OCc3ccccc3)c(=O)n2[C@@H]1c1ccccc1Cl. The van der Waals surface area contributed by atoms with Crippen LogP contribution < -0.4 is 19.6 Å². The third-order valence-electron chi connectivity index (χ3n) is 6.27. The summed E-state index contributed by atoms with van der Waals surface area (Å²) in [7, 11) is 0. The van der Waals surface area contributed by atoms with Gasteiger partial charge in [-0.05, 0) is 65.2 Å². The smallest absolute Gasteiger partial charge is 0.338 e. The maximum atomic E-state index is 14.0. The van der Waals surface area contributed by atoms with Gasteiger partial charge in [0.25, 0.3) is 5.56 Å². The van der Waals surface area contributed by atoms with E-state index in [0.717, 1.165) is 5.56 Å². The maximum absolute atomic E-state index is 14.0. The number of nitrogens with zero attached hydrogens (tertiary/aromatic N) is 2. The first kappa shape index (κ1) is 28.4. The Morgan fingerprint density at radius 3 is 2.58 bits per heavy atom. The fourth-order valence-corrected chi connectivity index (χ4v) is 6.72. The van der Waals surface area contributed by atoms with Crippen LogP contribution in [-0.2, 0) is 16.1 Å². The molecular weight excluding hydrogens is 635 g/mol. The molecule has 1 aliphatic heterocycles. The van der Waals surface area contributed by atoms with Crippen molar-refractivity contribution in [3.8, 4) is 5.75 Å². The van der Waals surface area contributed by atoms with Gasteiger partial charge in [0, 0.05) is 15.6 Å². The molecule has 1 atom stereocenters. The van der Waals surface area contributed by atoms with Gasteiger partial charge in [0.05, 0.1) is 26.9 Å². The van der Waals surface area contributed by atoms with E-state index >= 15 is 0 Å². The van der Waals surface area contributed by atoms with Gasteiger partial charge in [-0.2, -0.15) is 0 Å². The molecule has 0 aliphatic carbocycles. The first-order chi connectivity index (χ1) is 19.3. The molecule has 0 radical (unpaired) electrons. The van der Waals surface area contributed by atoms with Gasteiger partial charge in [-0.1, -0.05) is 83.1 Å². The summed E-state index contributed by atoms with van der Waals surface area (Å²) in [6, 6.07) is 19.6. The van der Waals surface area contributed by atoms with Gasteiger partial charge in [0.1, 0.15) is 18.4 Å². The van der Waals surface area contributed by atoms with Crippen LogP contribution in [-0.4, -0.2) is 17.1 Å². The number of hydrogen-bond donors (Lipinski definition) is 0. The molecule has 0 spiro atoms. The summed E-state index contributed by atoms with van der Waals surface area (Å²) in [4.78, 5) is 32.1. The van der Waals surface area contributed by atoms with Crippen molar-refractivity contribution in [3.05, 3.63) is 129 Å². The Morgan fingerprint density at radius 1 is 1.12 bits per heavy atom. The highest BCUT2D eigenvalue weighted by Gasteiger charge is 2.34. The van der Waals surface area contributed by atoms with E-state index in [2.05, 4.69) is 20.9 Å². The lowest BCUT2D eigenvalue weighted by Crippen LogP contribution is -2.40. The van der Waals surface area contributed by atoms with Crippen molar-refractivity contribution in [1.82, 2.24) is 4.57 Å². The normalized spacial score (nSPS) is 15.0. The van der Waals surface area contributed by atoms with Gasteiger partial charge in [0.15, 0.2) is 4.80 Å². The first-order valence-corrected chi connectivity index (χ1v) is 14.7. The summed E-state index contributed by atoms with van der Waals surface area (Å²) in [5, 5.41) is 0.904. The van der Waals surface area contributed by atoms with Gasteiger partial charge < -0.3 is 9.47 Å². The van der Waals surface area contributed by atoms with E-state index < -0.39 is 12.0 Å². The van der Waals surface area contributed by atoms with Crippen LogP contribution in [0, 0.1) is 0 Å². The molecule has 0 saturated carbocycles. The number of halogens is 3. The first-order valence-electron chi connectivity index (χ1n) is 12.4. The minimum absolute atomic E-state index is 0.185. The average molecular weight is 658 g/mol. The molecule has 2 heterocycles. The molecule has 0 bridgehead atoms. The zero-order valence-corrected chi connectivity index (χ0v) is 25.4. The van der Waals surface area contributed by atoms with Crippen LogP contribution in [0.5, 0.6) is 5.75 Å². The molecule has 3 aromatic carbocycles. The highest BCUT2D eigenvalue weighted by atomic mass is 79.9. The molecule has 6 nitrogen and oxygen atoms in total. The third-order valence-corrected chi connectivity index (χ3v) is 8.40. The quantitative estimate of drug-likeness (QED) is 0.214. The Labute approximate surface area is 252 Å². The number of benzene rings is 3. The fourth-order valence-electron chi connectivity index (χ4n) is 4.49. The zero-order chi connectivity index (χ0) is 28.4. The predicted octanol–water partition coefficient (Wildman–Crippen LogP) is 6.45. The monoisotopic (exact) mass is 656 g/mol. The molecule has 0 saturated heterocycles. The lowest BCUT2D eigenvalue weighted by molar-refractivity contribution is -0.139. The molecule has 1 aliphatic rings. The number of allylic oxidation sites excluding steroid dienone is 1. The van der Waals surface area contributed by atoms with Crippen LogP contribution in [0.3, 0.4) is 0 Å². The van der Waals surface area contributed by atoms with E-state index in [1.807, 2.05) is 36.4 Å². The topological polar surface area (TPSA) is 69.9 Å². The van der Waals surface area contributed by atoms with Crippen LogP contribution in [0.2, 0.25) is 10.0 Å². The van der Waals surface area contributed by atoms with Crippen molar-refractivity contribution >= 4 is 62.5 Å². The van der Waals surface area contributed by atoms with Gasteiger partial charge in [-0.15, -0.1) is 0 Å². The maximum Gasteiger partial charge on any atom is 0.338 e. The second-order valence-corrected chi connectivity index (χ2v) is 11.6. The Hall–Kier alpha value is -3.17. The second kappa shape index (κ2) is 12.1. The van der Waals surface area contributed by atoms with E-state index in [0.29, 0.717) is 53.0 Å². The number of esters is 1. The number of fused-ring (bicyclic) bond motifs is 1. The Kier molecular flexibility index (Phi) is 8.61. The summed E-state index contributed by atoms with van der Waals surface area (Å²) in [6.07, 6.45) is 1.73. The lowest BCUT2D eigenvalue weighted by atomic mass is 9.96. The van der Waals surface area contributed by atoms with Crippen molar-refractivity contribution in [2.24, 2.45) is 4.99 Å². The molecule has 204 valence electrons. The average Bonchev–Trinajstić information content (AvgIpc) is 3.22. The third kappa shape index (κ3) is 5.67. The molecule has 0 amide bonds. The highest BCUT2D eigenvalue weighted by molar-refractivity contribution is 9.10. The molecule has 0 unspecified atom stereocenters. The molecule has 10 heteroatoms. The number of hydrogen-bond acceptors (Lipinski definition) is 6. The fraction of sp³-hybridized carbons (Fsp3) is 0.167. The van der Waals surface area contributed by atoms with E-state index in [1.54, 1.807) is 50.3 Å². The molecule has 0 N–H and O–H groups in total. The van der Waals surface area contributed by atoms with Gasteiger partial charge in [-0.3, -0.25) is 9.36 Å². The van der Waals surface area contributed by atoms with Gasteiger partial charge >= 0.3 is 5.97 Å². The minimum atomic E-state index is -0.800. The molecular formula is C30H23BrCl2N2O4S. The Balaban J connectivity index is 1.67. The summed E-state index contributed by atoms with van der Waals surface area (Å²) >= 11 is 17.7. The summed E-state index contributed by atoms with van der Waals surface area (Å²) in [5.74, 6) is 0.00320. The van der Waals surface area contributed by atoms with Crippen LogP contribution >= 0.6 is 50.5 Å². The lowest BCUT2D eigenvalue weighted by Gasteiger charge is -2.25. The predicted molar refractivity (Wildman–Crippen MR) is 162 cm³/mol. The van der Waals surface area contributed by atoms with Crippen molar-refractivity contribution in [2.45, 2.75) is 26.5 Å². The number of ether oxygens (including phenoxy) is 2. The van der Waals surface area contributed by atoms with E-state index in [1.165, 1.54) is 15.9 Å². The standard InChI is InChI=1S/C30H23BrCl2N2O4S/c1-3-38-29(37)25-17(2)34-30-35(26(25)21-11-7-8-12-23(21)33)28(36)24(40-30)14-19-13-20(32)15-22(31)27(19)39-16-18-9-5-4-6-10-18/h4-15,26H,3,16H2,1-2H3/b24-14-/t26-/m1/s1. The van der Waals surface area contributed by atoms with Crippen molar-refractivity contribution in [1.29, 1.82) is 0 Å². The van der Waals surface area contributed by atoms with Crippen molar-refractivity contribution in [3.63, 3.8) is 0 Å². The van der Waals surface area contributed by atoms with E-state index in [4.69, 9.17) is 32.7 Å². The van der Waals surface area contributed by atoms with Crippen molar-refractivity contribution < 1.29 is 14.3 Å². The zero-order valence-electron chi connectivity index (χ0n) is 21.5. The number of carbonyl (C=O) groups is 1. The van der Waals surface area contributed by atoms with Gasteiger partial charge in [-0.25, -0.2) is 9.79 Å². The summed E-state index contributed by atoms with van der Waals surface area (Å²) in [6.45, 7) is 3.98. The molecule has 1 aromatic heterocycles. The number of rotatable bonds is 7. The molecule has 5 rings (SSSR count). The van der Waals surface area contributed by atoms with Crippen LogP contribution in [0.15, 0.2) is 92.3 Å². The van der Waals surface area contributed by atoms with Crippen LogP contribution in [0.25, 0.3) is 6.08 Å². The molecule has 4 aromatic rings. The molecule has 40 heavy (non-hydrogen) atoms. The van der Waals surface area contributed by atoms with E-state index in [9.17, 15) is 9.59 Å². The molecule has 0 fully saturated rings. The second-order valence-electron chi connectivity index (χ2n) is 8.90. The summed E-state index contributed by atoms with van der Waals surface area (Å²) < 4.78 is 14.1. The minimum Gasteiger partial charge on any atom is -0.487 e. The van der Waals surface area contributed by atoms with Gasteiger partial charge in [0.2, 0.25) is 0 Å². The number of carbonyl (C=O) groups excluding carboxylic acids is 1. The van der Waals surface area contributed by atoms with E-state index in [-0.39, 0.29) is 17.7 Å². The summed E-state index contributed by atoms with van der Waals surface area (Å²) in [5.41, 5.74) is 2.63. The van der Waals surface area contributed by atoms with Crippen LogP contribution in [0.4, 0.5) is 0 Å². The Bertz CT molecular complexity index is 1820. The largest absolute Gasteiger partial charge is 0.487 e. The Morgan fingerprint density at radius 2 is 1.85 bits per heavy atom. The van der Waals surface area contributed by atoms with Crippen LogP contribution in [0.1, 0.15) is 36.6 Å². The highest BCUT2D eigenvalue weighted by Crippen LogP contribution is 2.35. The van der Waals surface area contributed by atoms with Crippen molar-refractivity contribution in [2.75, 3.05) is 6.61 Å².